The minimum Gasteiger partial charge on any atom is -0.310 e. The van der Waals surface area contributed by atoms with Crippen LogP contribution in [0.5, 0.6) is 0 Å². The molecule has 0 spiro atoms. The zero-order valence-electron chi connectivity index (χ0n) is 13.4. The molecule has 1 aliphatic carbocycles. The highest BCUT2D eigenvalue weighted by atomic mass is 14.9. The Morgan fingerprint density at radius 3 is 2.50 bits per heavy atom. The van der Waals surface area contributed by atoms with Crippen molar-refractivity contribution in [2.24, 2.45) is 11.8 Å². The maximum Gasteiger partial charge on any atom is 0.0317 e. The molecule has 0 radical (unpaired) electrons. The lowest BCUT2D eigenvalue weighted by atomic mass is 9.83. The van der Waals surface area contributed by atoms with Gasteiger partial charge in [0.2, 0.25) is 0 Å². The second-order valence-corrected chi connectivity index (χ2v) is 6.58. The summed E-state index contributed by atoms with van der Waals surface area (Å²) < 4.78 is 0. The van der Waals surface area contributed by atoms with Gasteiger partial charge in [0.1, 0.15) is 0 Å². The van der Waals surface area contributed by atoms with Crippen molar-refractivity contribution in [2.45, 2.75) is 53.0 Å². The largest absolute Gasteiger partial charge is 0.310 e. The second-order valence-electron chi connectivity index (χ2n) is 6.58. The van der Waals surface area contributed by atoms with Crippen molar-refractivity contribution >= 4 is 0 Å². The van der Waals surface area contributed by atoms with Crippen molar-refractivity contribution in [2.75, 3.05) is 6.54 Å². The summed E-state index contributed by atoms with van der Waals surface area (Å²) in [5, 5.41) is 3.79. The van der Waals surface area contributed by atoms with Crippen LogP contribution in [0.25, 0.3) is 0 Å². The van der Waals surface area contributed by atoms with E-state index in [4.69, 9.17) is 0 Å². The highest BCUT2D eigenvalue weighted by Crippen LogP contribution is 2.28. The molecule has 2 rings (SSSR count). The van der Waals surface area contributed by atoms with Crippen molar-refractivity contribution in [1.29, 1.82) is 0 Å². The lowest BCUT2D eigenvalue weighted by Gasteiger charge is -2.28. The fraction of sp³-hybridized carbons (Fsp3) is 0.579. The third kappa shape index (κ3) is 4.21. The Labute approximate surface area is 124 Å². The summed E-state index contributed by atoms with van der Waals surface area (Å²) >= 11 is 0. The first-order chi connectivity index (χ1) is 9.58. The SMILES string of the molecule is CCC(NCC1CC(C)=CC(C)C1)c1ccc(C)cc1. The van der Waals surface area contributed by atoms with Crippen LogP contribution in [0.2, 0.25) is 0 Å². The van der Waals surface area contributed by atoms with E-state index in [1.54, 1.807) is 5.57 Å². The van der Waals surface area contributed by atoms with Gasteiger partial charge in [0.15, 0.2) is 0 Å². The molecule has 1 aromatic rings. The molecule has 20 heavy (non-hydrogen) atoms. The molecular formula is C19H29N. The molecular weight excluding hydrogens is 242 g/mol. The topological polar surface area (TPSA) is 12.0 Å². The number of benzene rings is 1. The van der Waals surface area contributed by atoms with E-state index >= 15 is 0 Å². The van der Waals surface area contributed by atoms with E-state index in [2.05, 4.69) is 63.4 Å². The molecule has 3 unspecified atom stereocenters. The molecule has 0 saturated carbocycles. The van der Waals surface area contributed by atoms with Gasteiger partial charge in [0.05, 0.1) is 0 Å². The number of hydrogen-bond donors (Lipinski definition) is 1. The maximum absolute atomic E-state index is 3.79. The van der Waals surface area contributed by atoms with Gasteiger partial charge in [-0.05, 0) is 57.1 Å². The molecule has 0 aliphatic heterocycles. The number of hydrogen-bond acceptors (Lipinski definition) is 1. The average Bonchev–Trinajstić information content (AvgIpc) is 2.40. The van der Waals surface area contributed by atoms with E-state index in [-0.39, 0.29) is 0 Å². The Bertz CT molecular complexity index is 443. The van der Waals surface area contributed by atoms with E-state index in [1.807, 2.05) is 0 Å². The molecule has 0 fully saturated rings. The number of allylic oxidation sites excluding steroid dienone is 2. The predicted octanol–water partition coefficient (Wildman–Crippen LogP) is 5.03. The summed E-state index contributed by atoms with van der Waals surface area (Å²) in [6.45, 7) is 10.2. The van der Waals surface area contributed by atoms with Gasteiger partial charge in [-0.15, -0.1) is 0 Å². The summed E-state index contributed by atoms with van der Waals surface area (Å²) in [6, 6.07) is 9.47. The first-order valence-corrected chi connectivity index (χ1v) is 8.05. The lowest BCUT2D eigenvalue weighted by molar-refractivity contribution is 0.358. The zero-order valence-corrected chi connectivity index (χ0v) is 13.4. The minimum absolute atomic E-state index is 0.497. The predicted molar refractivity (Wildman–Crippen MR) is 87.9 cm³/mol. The Kier molecular flexibility index (Phi) is 5.42. The summed E-state index contributed by atoms with van der Waals surface area (Å²) in [6.07, 6.45) is 6.18. The maximum atomic E-state index is 3.79. The lowest BCUT2D eigenvalue weighted by Crippen LogP contribution is -2.29. The highest BCUT2D eigenvalue weighted by Gasteiger charge is 2.19. The Morgan fingerprint density at radius 1 is 1.20 bits per heavy atom. The zero-order chi connectivity index (χ0) is 14.5. The molecule has 1 aromatic carbocycles. The fourth-order valence-electron chi connectivity index (χ4n) is 3.45. The van der Waals surface area contributed by atoms with E-state index in [9.17, 15) is 0 Å². The van der Waals surface area contributed by atoms with E-state index in [0.717, 1.165) is 24.8 Å². The third-order valence-corrected chi connectivity index (χ3v) is 4.43. The smallest absolute Gasteiger partial charge is 0.0317 e. The Morgan fingerprint density at radius 2 is 1.90 bits per heavy atom. The van der Waals surface area contributed by atoms with Crippen LogP contribution in [-0.2, 0) is 0 Å². The summed E-state index contributed by atoms with van der Waals surface area (Å²) in [4.78, 5) is 0. The molecule has 1 aliphatic rings. The van der Waals surface area contributed by atoms with E-state index in [1.165, 1.54) is 24.0 Å². The highest BCUT2D eigenvalue weighted by molar-refractivity contribution is 5.24. The van der Waals surface area contributed by atoms with Crippen LogP contribution in [0, 0.1) is 18.8 Å². The second kappa shape index (κ2) is 7.08. The molecule has 1 heteroatoms. The van der Waals surface area contributed by atoms with Crippen molar-refractivity contribution < 1.29 is 0 Å². The Balaban J connectivity index is 1.91. The molecule has 0 bridgehead atoms. The van der Waals surface area contributed by atoms with Gasteiger partial charge in [-0.1, -0.05) is 55.3 Å². The average molecular weight is 271 g/mol. The molecule has 1 N–H and O–H groups in total. The molecule has 0 amide bonds. The van der Waals surface area contributed by atoms with Gasteiger partial charge < -0.3 is 5.32 Å². The van der Waals surface area contributed by atoms with Crippen molar-refractivity contribution in [3.63, 3.8) is 0 Å². The fourth-order valence-corrected chi connectivity index (χ4v) is 3.45. The third-order valence-electron chi connectivity index (χ3n) is 4.43. The van der Waals surface area contributed by atoms with Crippen LogP contribution in [-0.4, -0.2) is 6.54 Å². The monoisotopic (exact) mass is 271 g/mol. The molecule has 3 atom stereocenters. The number of rotatable bonds is 5. The summed E-state index contributed by atoms with van der Waals surface area (Å²) in [5.41, 5.74) is 4.33. The first-order valence-electron chi connectivity index (χ1n) is 8.05. The van der Waals surface area contributed by atoms with Gasteiger partial charge in [-0.3, -0.25) is 0 Å². The molecule has 0 saturated heterocycles. The van der Waals surface area contributed by atoms with Crippen molar-refractivity contribution in [1.82, 2.24) is 5.32 Å². The molecule has 0 aromatic heterocycles. The van der Waals surface area contributed by atoms with Gasteiger partial charge in [-0.2, -0.15) is 0 Å². The van der Waals surface area contributed by atoms with Gasteiger partial charge in [0.25, 0.3) is 0 Å². The normalized spacial score (nSPS) is 24.3. The van der Waals surface area contributed by atoms with E-state index < -0.39 is 0 Å². The van der Waals surface area contributed by atoms with Crippen LogP contribution in [0.15, 0.2) is 35.9 Å². The van der Waals surface area contributed by atoms with Crippen LogP contribution in [0.3, 0.4) is 0 Å². The number of aryl methyl sites for hydroxylation is 1. The van der Waals surface area contributed by atoms with Crippen molar-refractivity contribution in [3.05, 3.63) is 47.0 Å². The molecule has 110 valence electrons. The number of nitrogens with one attached hydrogen (secondary N) is 1. The quantitative estimate of drug-likeness (QED) is 0.741. The Hall–Kier alpha value is -1.08. The molecule has 1 nitrogen and oxygen atoms in total. The van der Waals surface area contributed by atoms with Crippen LogP contribution >= 0.6 is 0 Å². The summed E-state index contributed by atoms with van der Waals surface area (Å²) in [5.74, 6) is 1.55. The van der Waals surface area contributed by atoms with E-state index in [0.29, 0.717) is 6.04 Å². The van der Waals surface area contributed by atoms with Crippen molar-refractivity contribution in [3.8, 4) is 0 Å². The summed E-state index contributed by atoms with van der Waals surface area (Å²) in [7, 11) is 0. The molecule has 0 heterocycles. The van der Waals surface area contributed by atoms with Gasteiger partial charge >= 0.3 is 0 Å². The van der Waals surface area contributed by atoms with Crippen LogP contribution < -0.4 is 5.32 Å². The minimum atomic E-state index is 0.497. The first kappa shape index (κ1) is 15.3. The van der Waals surface area contributed by atoms with Gasteiger partial charge in [0, 0.05) is 6.04 Å². The standard InChI is InChI=1S/C19H29N/c1-5-19(18-8-6-14(2)7-9-18)20-13-17-11-15(3)10-16(4)12-17/h6-10,15,17,19-20H,5,11-13H2,1-4H3. The van der Waals surface area contributed by atoms with Crippen LogP contribution in [0.4, 0.5) is 0 Å². The van der Waals surface area contributed by atoms with Crippen LogP contribution in [0.1, 0.15) is 57.2 Å². The van der Waals surface area contributed by atoms with Gasteiger partial charge in [-0.25, -0.2) is 0 Å².